The molecule has 3 aromatic rings. The normalized spacial score (nSPS) is 26.8. The van der Waals surface area contributed by atoms with Crippen molar-refractivity contribution < 1.29 is 29.2 Å². The van der Waals surface area contributed by atoms with Gasteiger partial charge in [0.05, 0.1) is 12.0 Å². The van der Waals surface area contributed by atoms with Crippen LogP contribution in [-0.2, 0) is 4.74 Å². The number of fused-ring (bicyclic) bond motifs is 3. The highest BCUT2D eigenvalue weighted by Crippen LogP contribution is 2.28. The van der Waals surface area contributed by atoms with Crippen molar-refractivity contribution in [2.45, 2.75) is 24.6 Å². The second kappa shape index (κ2) is 6.12. The Balaban J connectivity index is 1.70. The predicted molar refractivity (Wildman–Crippen MR) is 88.4 cm³/mol. The quantitative estimate of drug-likeness (QED) is 0.465. The van der Waals surface area contributed by atoms with Crippen molar-refractivity contribution in [2.24, 2.45) is 0 Å². The highest BCUT2D eigenvalue weighted by atomic mass is 16.7. The summed E-state index contributed by atoms with van der Waals surface area (Å²) in [5.41, 5.74) is -0.111. The molecule has 1 aliphatic rings. The number of rotatable bonds is 2. The molecule has 0 bridgehead atoms. The van der Waals surface area contributed by atoms with E-state index in [1.54, 1.807) is 24.3 Å². The van der Waals surface area contributed by atoms with Gasteiger partial charge in [0.25, 0.3) is 0 Å². The van der Waals surface area contributed by atoms with Crippen molar-refractivity contribution in [3.8, 4) is 5.75 Å². The molecule has 0 aliphatic carbocycles. The minimum absolute atomic E-state index is 0.157. The maximum absolute atomic E-state index is 12.1. The summed E-state index contributed by atoms with van der Waals surface area (Å²) < 4.78 is 16.1. The first-order valence-electron chi connectivity index (χ1n) is 7.82. The maximum atomic E-state index is 12.1. The fourth-order valence-electron chi connectivity index (χ4n) is 2.95. The second-order valence-corrected chi connectivity index (χ2v) is 5.96. The molecule has 4 rings (SSSR count). The molecule has 1 fully saturated rings. The molecule has 1 saturated heterocycles. The lowest BCUT2D eigenvalue weighted by Gasteiger charge is -2.34. The Morgan fingerprint density at radius 3 is 2.52 bits per heavy atom. The minimum atomic E-state index is -1.40. The van der Waals surface area contributed by atoms with Crippen LogP contribution in [0, 0.1) is 0 Å². The molecule has 0 unspecified atom stereocenters. The summed E-state index contributed by atoms with van der Waals surface area (Å²) in [4.78, 5) is 12.1. The number of ether oxygens (including phenoxy) is 2. The van der Waals surface area contributed by atoms with Crippen LogP contribution >= 0.6 is 0 Å². The lowest BCUT2D eigenvalue weighted by Crippen LogP contribution is -2.54. The van der Waals surface area contributed by atoms with E-state index in [9.17, 15) is 20.1 Å². The summed E-state index contributed by atoms with van der Waals surface area (Å²) in [6, 6.07) is 12.1. The molecule has 0 spiro atoms. The molecule has 3 N–H and O–H groups in total. The average Bonchev–Trinajstić information content (AvgIpc) is 2.62. The molecule has 7 heteroatoms. The Labute approximate surface area is 141 Å². The summed E-state index contributed by atoms with van der Waals surface area (Å²) in [7, 11) is 0. The van der Waals surface area contributed by atoms with Gasteiger partial charge in [-0.1, -0.05) is 18.2 Å². The number of benzene rings is 2. The lowest BCUT2D eigenvalue weighted by molar-refractivity contribution is -0.242. The molecular weight excluding hydrogens is 328 g/mol. The van der Waals surface area contributed by atoms with Crippen molar-refractivity contribution in [3.05, 3.63) is 52.9 Å². The summed E-state index contributed by atoms with van der Waals surface area (Å²) in [5.74, 6) is 0.304. The highest BCUT2D eigenvalue weighted by molar-refractivity contribution is 6.04. The Kier molecular flexibility index (Phi) is 3.93. The zero-order chi connectivity index (χ0) is 17.6. The fraction of sp³-hybridized carbons (Fsp3) is 0.278. The third-order valence-electron chi connectivity index (χ3n) is 4.30. The van der Waals surface area contributed by atoms with Gasteiger partial charge in [-0.3, -0.25) is 0 Å². The molecule has 1 aliphatic heterocycles. The van der Waals surface area contributed by atoms with Gasteiger partial charge < -0.3 is 29.2 Å². The van der Waals surface area contributed by atoms with E-state index in [4.69, 9.17) is 13.9 Å². The Bertz CT molecular complexity index is 980. The molecule has 2 aromatic carbocycles. The van der Waals surface area contributed by atoms with Crippen LogP contribution in [0.2, 0.25) is 0 Å². The summed E-state index contributed by atoms with van der Waals surface area (Å²) in [6.07, 6.45) is -5.07. The molecule has 4 atom stereocenters. The SMILES string of the molecule is O=c1oc2cc(O[C@H]3OC[C@H](O)[C@@H](O)[C@@H]3O)ccc2c2ccccc12. The third-order valence-corrected chi connectivity index (χ3v) is 4.30. The topological polar surface area (TPSA) is 109 Å². The molecule has 7 nitrogen and oxygen atoms in total. The third kappa shape index (κ3) is 2.77. The number of hydrogen-bond acceptors (Lipinski definition) is 7. The Morgan fingerprint density at radius 2 is 1.72 bits per heavy atom. The smallest absolute Gasteiger partial charge is 0.344 e. The monoisotopic (exact) mass is 344 g/mol. The summed E-state index contributed by atoms with van der Waals surface area (Å²) in [5, 5.41) is 31.1. The first-order valence-corrected chi connectivity index (χ1v) is 7.82. The molecule has 2 heterocycles. The van der Waals surface area contributed by atoms with Crippen molar-refractivity contribution in [1.29, 1.82) is 0 Å². The van der Waals surface area contributed by atoms with Crippen molar-refractivity contribution in [1.82, 2.24) is 0 Å². The Hall–Kier alpha value is -2.45. The molecular formula is C18H16O7. The minimum Gasteiger partial charge on any atom is -0.462 e. The van der Waals surface area contributed by atoms with Crippen LogP contribution in [0.1, 0.15) is 0 Å². The van der Waals surface area contributed by atoms with E-state index in [2.05, 4.69) is 0 Å². The van der Waals surface area contributed by atoms with Crippen LogP contribution in [0.25, 0.3) is 21.7 Å². The van der Waals surface area contributed by atoms with Crippen LogP contribution in [0.3, 0.4) is 0 Å². The van der Waals surface area contributed by atoms with Crippen LogP contribution in [0.15, 0.2) is 51.7 Å². The van der Waals surface area contributed by atoms with Crippen molar-refractivity contribution in [2.75, 3.05) is 6.61 Å². The second-order valence-electron chi connectivity index (χ2n) is 5.96. The van der Waals surface area contributed by atoms with Crippen molar-refractivity contribution >= 4 is 21.7 Å². The number of aliphatic hydroxyl groups excluding tert-OH is 3. The van der Waals surface area contributed by atoms with E-state index in [1.807, 2.05) is 12.1 Å². The highest BCUT2D eigenvalue weighted by Gasteiger charge is 2.39. The van der Waals surface area contributed by atoms with E-state index in [1.165, 1.54) is 6.07 Å². The lowest BCUT2D eigenvalue weighted by atomic mass is 10.1. The zero-order valence-electron chi connectivity index (χ0n) is 13.0. The predicted octanol–water partition coefficient (Wildman–Crippen LogP) is 0.764. The molecule has 0 saturated carbocycles. The molecule has 1 aromatic heterocycles. The van der Waals surface area contributed by atoms with Crippen LogP contribution in [0.5, 0.6) is 5.75 Å². The molecule has 0 amide bonds. The van der Waals surface area contributed by atoms with Crippen LogP contribution < -0.4 is 10.4 Å². The number of aliphatic hydroxyl groups is 3. The molecule has 0 radical (unpaired) electrons. The van der Waals surface area contributed by atoms with E-state index in [-0.39, 0.29) is 6.61 Å². The summed E-state index contributed by atoms with van der Waals surface area (Å²) >= 11 is 0. The largest absolute Gasteiger partial charge is 0.462 e. The Morgan fingerprint density at radius 1 is 0.960 bits per heavy atom. The fourth-order valence-corrected chi connectivity index (χ4v) is 2.95. The number of hydrogen-bond donors (Lipinski definition) is 3. The van der Waals surface area contributed by atoms with Gasteiger partial charge in [-0.15, -0.1) is 0 Å². The van der Waals surface area contributed by atoms with Crippen LogP contribution in [-0.4, -0.2) is 46.5 Å². The van der Waals surface area contributed by atoms with Gasteiger partial charge in [0.15, 0.2) is 0 Å². The van der Waals surface area contributed by atoms with Gasteiger partial charge in [0.1, 0.15) is 29.6 Å². The first-order chi connectivity index (χ1) is 12.0. The van der Waals surface area contributed by atoms with E-state index in [0.29, 0.717) is 16.7 Å². The molecule has 25 heavy (non-hydrogen) atoms. The maximum Gasteiger partial charge on any atom is 0.344 e. The first kappa shape index (κ1) is 16.0. The van der Waals surface area contributed by atoms with Crippen molar-refractivity contribution in [3.63, 3.8) is 0 Å². The van der Waals surface area contributed by atoms with Gasteiger partial charge in [0.2, 0.25) is 6.29 Å². The van der Waals surface area contributed by atoms with Crippen LogP contribution in [0.4, 0.5) is 0 Å². The van der Waals surface area contributed by atoms with Gasteiger partial charge in [-0.25, -0.2) is 4.79 Å². The average molecular weight is 344 g/mol. The zero-order valence-corrected chi connectivity index (χ0v) is 13.0. The standard InChI is InChI=1S/C18H16O7/c19-13-8-23-18(16(21)15(13)20)24-9-5-6-11-10-3-1-2-4-12(10)17(22)25-14(11)7-9/h1-7,13,15-16,18-21H,8H2/t13-,15+,16-,18+/m0/s1. The summed E-state index contributed by atoms with van der Waals surface area (Å²) in [6.45, 7) is -0.157. The van der Waals surface area contributed by atoms with Gasteiger partial charge >= 0.3 is 5.63 Å². The van der Waals surface area contributed by atoms with E-state index >= 15 is 0 Å². The van der Waals surface area contributed by atoms with Gasteiger partial charge in [0, 0.05) is 11.5 Å². The van der Waals surface area contributed by atoms with Gasteiger partial charge in [-0.05, 0) is 23.6 Å². The van der Waals surface area contributed by atoms with E-state index in [0.717, 1.165) is 10.8 Å². The molecule has 130 valence electrons. The van der Waals surface area contributed by atoms with E-state index < -0.39 is 30.2 Å². The van der Waals surface area contributed by atoms with Gasteiger partial charge in [-0.2, -0.15) is 0 Å².